The fourth-order valence-electron chi connectivity index (χ4n) is 2.56. The third kappa shape index (κ3) is 4.74. The summed E-state index contributed by atoms with van der Waals surface area (Å²) in [5.74, 6) is -1.31. The van der Waals surface area contributed by atoms with Crippen LogP contribution in [0.15, 0.2) is 42.5 Å². The van der Waals surface area contributed by atoms with Crippen LogP contribution in [0.4, 0.5) is 4.39 Å². The van der Waals surface area contributed by atoms with Gasteiger partial charge in [-0.1, -0.05) is 47.5 Å². The summed E-state index contributed by atoms with van der Waals surface area (Å²) in [6.45, 7) is 1.73. The number of halogens is 3. The van der Waals surface area contributed by atoms with Crippen LogP contribution in [-0.4, -0.2) is 29.8 Å². The fraction of sp³-hybridized carbons (Fsp3) is 0.263. The first kappa shape index (κ1) is 20.2. The smallest absolute Gasteiger partial charge is 0.242 e. The van der Waals surface area contributed by atoms with E-state index in [4.69, 9.17) is 23.2 Å². The Morgan fingerprint density at radius 3 is 2.38 bits per heavy atom. The summed E-state index contributed by atoms with van der Waals surface area (Å²) in [5.41, 5.74) is 0.797. The van der Waals surface area contributed by atoms with E-state index in [9.17, 15) is 14.0 Å². The van der Waals surface area contributed by atoms with Gasteiger partial charge in [0.15, 0.2) is 0 Å². The molecule has 0 saturated carbocycles. The molecule has 0 aliphatic carbocycles. The Bertz CT molecular complexity index is 794. The maximum absolute atomic E-state index is 14.0. The molecule has 0 heterocycles. The molecule has 0 aliphatic rings. The van der Waals surface area contributed by atoms with Crippen molar-refractivity contribution in [2.45, 2.75) is 25.9 Å². The third-order valence-electron chi connectivity index (χ3n) is 4.10. The lowest BCUT2D eigenvalue weighted by Gasteiger charge is -2.29. The van der Waals surface area contributed by atoms with Crippen LogP contribution in [0.5, 0.6) is 0 Å². The third-order valence-corrected chi connectivity index (χ3v) is 4.82. The molecule has 0 bridgehead atoms. The van der Waals surface area contributed by atoms with Gasteiger partial charge in [0.25, 0.3) is 0 Å². The summed E-state index contributed by atoms with van der Waals surface area (Å²) in [6, 6.07) is 10.5. The summed E-state index contributed by atoms with van der Waals surface area (Å²) in [7, 11) is 1.49. The normalized spacial score (nSPS) is 11.7. The quantitative estimate of drug-likeness (QED) is 0.806. The zero-order valence-electron chi connectivity index (χ0n) is 14.4. The van der Waals surface area contributed by atoms with Crippen molar-refractivity contribution in [1.82, 2.24) is 10.2 Å². The summed E-state index contributed by atoms with van der Waals surface area (Å²) in [5, 5.41) is 3.18. The molecule has 2 amide bonds. The molecule has 0 fully saturated rings. The van der Waals surface area contributed by atoms with Crippen molar-refractivity contribution < 1.29 is 14.0 Å². The average Bonchev–Trinajstić information content (AvgIpc) is 2.62. The number of benzene rings is 2. The zero-order chi connectivity index (χ0) is 19.3. The van der Waals surface area contributed by atoms with Gasteiger partial charge in [-0.15, -0.1) is 0 Å². The Balaban J connectivity index is 2.32. The molecule has 2 aromatic rings. The Labute approximate surface area is 161 Å². The van der Waals surface area contributed by atoms with Gasteiger partial charge >= 0.3 is 0 Å². The van der Waals surface area contributed by atoms with Crippen LogP contribution in [0, 0.1) is 5.82 Å². The number of rotatable bonds is 6. The molecule has 1 atom stereocenters. The van der Waals surface area contributed by atoms with Crippen LogP contribution in [0.2, 0.25) is 10.0 Å². The van der Waals surface area contributed by atoms with E-state index in [1.54, 1.807) is 31.2 Å². The molecule has 0 saturated heterocycles. The van der Waals surface area contributed by atoms with Gasteiger partial charge in [0.05, 0.1) is 6.42 Å². The van der Waals surface area contributed by atoms with E-state index >= 15 is 0 Å². The molecule has 1 unspecified atom stereocenters. The minimum atomic E-state index is -0.755. The predicted molar refractivity (Wildman–Crippen MR) is 101 cm³/mol. The van der Waals surface area contributed by atoms with Crippen molar-refractivity contribution >= 4 is 35.0 Å². The zero-order valence-corrected chi connectivity index (χ0v) is 15.9. The summed E-state index contributed by atoms with van der Waals surface area (Å²) in [6.07, 6.45) is -0.253. The molecule has 26 heavy (non-hydrogen) atoms. The number of hydrogen-bond acceptors (Lipinski definition) is 2. The van der Waals surface area contributed by atoms with E-state index in [0.29, 0.717) is 10.6 Å². The number of nitrogens with one attached hydrogen (secondary N) is 1. The first-order valence-electron chi connectivity index (χ1n) is 8.02. The first-order valence-corrected chi connectivity index (χ1v) is 8.78. The molecule has 4 nitrogen and oxygen atoms in total. The van der Waals surface area contributed by atoms with Crippen molar-refractivity contribution in [2.24, 2.45) is 0 Å². The maximum atomic E-state index is 14.0. The minimum Gasteiger partial charge on any atom is -0.357 e. The van der Waals surface area contributed by atoms with Crippen molar-refractivity contribution in [1.29, 1.82) is 0 Å². The van der Waals surface area contributed by atoms with Crippen LogP contribution in [0.1, 0.15) is 18.1 Å². The lowest BCUT2D eigenvalue weighted by atomic mass is 10.1. The Kier molecular flexibility index (Phi) is 7.00. The minimum absolute atomic E-state index is 0.104. The molecule has 0 aliphatic heterocycles. The summed E-state index contributed by atoms with van der Waals surface area (Å²) in [4.78, 5) is 26.3. The molecule has 138 valence electrons. The highest BCUT2D eigenvalue weighted by atomic mass is 35.5. The standard InChI is InChI=1S/C19H19Cl2FN2O2/c1-12(19(26)23-2)24(11-13-6-3-4-7-15(13)20)18(25)10-14-16(21)8-5-9-17(14)22/h3-9,12H,10-11H2,1-2H3,(H,23,26). The summed E-state index contributed by atoms with van der Waals surface area (Å²) < 4.78 is 14.0. The molecule has 0 spiro atoms. The molecular weight excluding hydrogens is 378 g/mol. The highest BCUT2D eigenvalue weighted by molar-refractivity contribution is 6.31. The van der Waals surface area contributed by atoms with E-state index in [1.807, 2.05) is 0 Å². The number of amides is 2. The van der Waals surface area contributed by atoms with Gasteiger partial charge < -0.3 is 10.2 Å². The second kappa shape index (κ2) is 9.01. The number of hydrogen-bond donors (Lipinski definition) is 1. The van der Waals surface area contributed by atoms with Gasteiger partial charge in [-0.05, 0) is 30.7 Å². The Hall–Kier alpha value is -2.11. The highest BCUT2D eigenvalue weighted by Gasteiger charge is 2.27. The van der Waals surface area contributed by atoms with Crippen LogP contribution in [0.25, 0.3) is 0 Å². The monoisotopic (exact) mass is 396 g/mol. The number of carbonyl (C=O) groups excluding carboxylic acids is 2. The second-order valence-electron chi connectivity index (χ2n) is 5.78. The van der Waals surface area contributed by atoms with Gasteiger partial charge in [-0.2, -0.15) is 0 Å². The van der Waals surface area contributed by atoms with Crippen molar-refractivity contribution in [3.05, 3.63) is 69.5 Å². The van der Waals surface area contributed by atoms with Crippen LogP contribution in [0.3, 0.4) is 0 Å². The Morgan fingerprint density at radius 1 is 1.12 bits per heavy atom. The SMILES string of the molecule is CNC(=O)C(C)N(Cc1ccccc1Cl)C(=O)Cc1c(F)cccc1Cl. The Morgan fingerprint density at radius 2 is 1.77 bits per heavy atom. The van der Waals surface area contributed by atoms with Gasteiger partial charge in [-0.3, -0.25) is 9.59 Å². The molecule has 0 aromatic heterocycles. The van der Waals surface area contributed by atoms with E-state index in [1.165, 1.54) is 30.1 Å². The highest BCUT2D eigenvalue weighted by Crippen LogP contribution is 2.23. The van der Waals surface area contributed by atoms with Gasteiger partial charge in [0.1, 0.15) is 11.9 Å². The van der Waals surface area contributed by atoms with Crippen molar-refractivity contribution in [3.8, 4) is 0 Å². The molecule has 1 N–H and O–H groups in total. The summed E-state index contributed by atoms with van der Waals surface area (Å²) >= 11 is 12.2. The topological polar surface area (TPSA) is 49.4 Å². The lowest BCUT2D eigenvalue weighted by Crippen LogP contribution is -2.47. The fourth-order valence-corrected chi connectivity index (χ4v) is 2.98. The van der Waals surface area contributed by atoms with Gasteiger partial charge in [0, 0.05) is 29.2 Å². The lowest BCUT2D eigenvalue weighted by molar-refractivity contribution is -0.139. The molecule has 0 radical (unpaired) electrons. The maximum Gasteiger partial charge on any atom is 0.242 e. The first-order chi connectivity index (χ1) is 12.3. The van der Waals surface area contributed by atoms with Crippen LogP contribution >= 0.6 is 23.2 Å². The second-order valence-corrected chi connectivity index (χ2v) is 6.59. The largest absolute Gasteiger partial charge is 0.357 e. The van der Waals surface area contributed by atoms with E-state index < -0.39 is 17.8 Å². The predicted octanol–water partition coefficient (Wildman–Crippen LogP) is 3.84. The number of carbonyl (C=O) groups is 2. The van der Waals surface area contributed by atoms with Crippen LogP contribution < -0.4 is 5.32 Å². The van der Waals surface area contributed by atoms with Crippen molar-refractivity contribution in [2.75, 3.05) is 7.05 Å². The van der Waals surface area contributed by atoms with Gasteiger partial charge in [0.2, 0.25) is 11.8 Å². The van der Waals surface area contributed by atoms with E-state index in [2.05, 4.69) is 5.32 Å². The van der Waals surface area contributed by atoms with E-state index in [-0.39, 0.29) is 29.5 Å². The average molecular weight is 397 g/mol. The molecular formula is C19H19Cl2FN2O2. The molecule has 2 rings (SSSR count). The van der Waals surface area contributed by atoms with Crippen LogP contribution in [-0.2, 0) is 22.6 Å². The van der Waals surface area contributed by atoms with Crippen molar-refractivity contribution in [3.63, 3.8) is 0 Å². The number of nitrogens with zero attached hydrogens (tertiary/aromatic N) is 1. The van der Waals surface area contributed by atoms with E-state index in [0.717, 1.165) is 0 Å². The molecule has 2 aromatic carbocycles. The molecule has 7 heteroatoms. The number of likely N-dealkylation sites (N-methyl/N-ethyl adjacent to an activating group) is 1. The van der Waals surface area contributed by atoms with Gasteiger partial charge in [-0.25, -0.2) is 4.39 Å².